The lowest BCUT2D eigenvalue weighted by atomic mass is 9.77. The highest BCUT2D eigenvalue weighted by atomic mass is 32.2. The Morgan fingerprint density at radius 1 is 0.500 bits per heavy atom. The molecule has 12 heteroatoms. The Balaban J connectivity index is 1.80. The molecule has 9 atom stereocenters. The van der Waals surface area contributed by atoms with Gasteiger partial charge < -0.3 is 12.5 Å². The summed E-state index contributed by atoms with van der Waals surface area (Å²) in [6.07, 6.45) is 6.11. The Morgan fingerprint density at radius 3 is 1.08 bits per heavy atom. The van der Waals surface area contributed by atoms with E-state index in [-0.39, 0.29) is 64.8 Å². The zero-order chi connectivity index (χ0) is 35.8. The van der Waals surface area contributed by atoms with Crippen LogP contribution < -0.4 is 12.5 Å². The van der Waals surface area contributed by atoms with Gasteiger partial charge in [-0.2, -0.15) is 25.3 Å². The minimum absolute atomic E-state index is 0.0614. The molecular weight excluding hydrogens is 673 g/mol. The van der Waals surface area contributed by atoms with E-state index in [0.29, 0.717) is 25.7 Å². The highest BCUT2D eigenvalue weighted by molar-refractivity contribution is 7.88. The van der Waals surface area contributed by atoms with Gasteiger partial charge >= 0.3 is 30.4 Å². The quantitative estimate of drug-likeness (QED) is 0.195. The summed E-state index contributed by atoms with van der Waals surface area (Å²) in [7, 11) is -13.0. The zero-order valence-electron chi connectivity index (χ0n) is 30.4. The number of hydrogen-bond donors (Lipinski definition) is 0. The maximum absolute atomic E-state index is 14.2. The van der Waals surface area contributed by atoms with Crippen LogP contribution in [0.25, 0.3) is 0 Å². The molecule has 0 spiro atoms. The summed E-state index contributed by atoms with van der Waals surface area (Å²) >= 11 is 0. The van der Waals surface area contributed by atoms with Gasteiger partial charge in [-0.3, -0.25) is 0 Å². The van der Waals surface area contributed by atoms with Gasteiger partial charge in [0, 0.05) is 0 Å². The van der Waals surface area contributed by atoms with Crippen molar-refractivity contribution in [2.24, 2.45) is 53.3 Å². The van der Waals surface area contributed by atoms with E-state index in [4.69, 9.17) is 12.5 Å². The third-order valence-electron chi connectivity index (χ3n) is 11.6. The Labute approximate surface area is 291 Å². The van der Waals surface area contributed by atoms with Crippen LogP contribution in [0.3, 0.4) is 0 Å². The molecule has 3 aliphatic carbocycles. The summed E-state index contributed by atoms with van der Waals surface area (Å²) in [5.74, 6) is -1.02. The van der Waals surface area contributed by atoms with Gasteiger partial charge in [-0.05, 0) is 104 Å². The fraction of sp³-hybridized carbons (Fsp3) is 0.833. The van der Waals surface area contributed by atoms with E-state index in [2.05, 4.69) is 0 Å². The lowest BCUT2D eigenvalue weighted by Crippen LogP contribution is -2.41. The fourth-order valence-corrected chi connectivity index (χ4v) is 14.5. The van der Waals surface area contributed by atoms with Crippen LogP contribution in [-0.2, 0) is 30.4 Å². The number of benzene rings is 1. The molecule has 4 rings (SSSR count). The number of para-hydroxylation sites is 1. The molecule has 3 saturated carbocycles. The topological polar surface area (TPSA) is 130 Å². The Morgan fingerprint density at radius 2 is 0.792 bits per heavy atom. The van der Waals surface area contributed by atoms with Crippen molar-refractivity contribution in [3.63, 3.8) is 0 Å². The summed E-state index contributed by atoms with van der Waals surface area (Å²) in [5.41, 5.74) is 0. The first-order valence-electron chi connectivity index (χ1n) is 18.2. The molecule has 0 aromatic heterocycles. The summed E-state index contributed by atoms with van der Waals surface area (Å²) in [6.45, 7) is 18.0. The van der Waals surface area contributed by atoms with Gasteiger partial charge in [0.1, 0.15) is 15.7 Å². The Kier molecular flexibility index (Phi) is 12.6. The molecule has 0 radical (unpaired) electrons. The predicted molar refractivity (Wildman–Crippen MR) is 190 cm³/mol. The molecule has 1 aromatic carbocycles. The molecule has 0 bridgehead atoms. The van der Waals surface area contributed by atoms with E-state index in [1.807, 2.05) is 62.3 Å². The van der Waals surface area contributed by atoms with Crippen LogP contribution in [0.1, 0.15) is 120 Å². The second-order valence-electron chi connectivity index (χ2n) is 16.4. The lowest BCUT2D eigenvalue weighted by Gasteiger charge is -2.37. The van der Waals surface area contributed by atoms with Crippen molar-refractivity contribution in [1.82, 2.24) is 0 Å². The average molecular weight is 733 g/mol. The largest absolute Gasteiger partial charge is 0.378 e. The van der Waals surface area contributed by atoms with Crippen LogP contribution in [-0.4, -0.2) is 41.0 Å². The lowest BCUT2D eigenvalue weighted by molar-refractivity contribution is 0.227. The molecule has 0 heterocycles. The van der Waals surface area contributed by atoms with Gasteiger partial charge in [-0.25, -0.2) is 0 Å². The first kappa shape index (κ1) is 39.3. The molecule has 3 aliphatic rings. The number of hydrogen-bond acceptors (Lipinski definition) is 9. The van der Waals surface area contributed by atoms with E-state index in [1.165, 1.54) is 18.2 Å². The van der Waals surface area contributed by atoms with Crippen LogP contribution >= 0.6 is 0 Å². The SMILES string of the molecule is CC1CCC(C(C)C)C(S(=O)(=O)Oc2cccc(OS(=O)(=O)C3CC(C)CCC3C(C)C)c2OS(=O)(=O)C2CC(C)CCC2C(C)C)C1. The first-order chi connectivity index (χ1) is 22.2. The second-order valence-corrected chi connectivity index (χ2v) is 21.7. The van der Waals surface area contributed by atoms with Crippen LogP contribution in [0.2, 0.25) is 0 Å². The summed E-state index contributed by atoms with van der Waals surface area (Å²) in [4.78, 5) is 0. The Bertz CT molecular complexity index is 1480. The Hall–Kier alpha value is -1.53. The van der Waals surface area contributed by atoms with Gasteiger partial charge in [-0.15, -0.1) is 0 Å². The molecule has 0 amide bonds. The normalized spacial score (nSPS) is 32.4. The average Bonchev–Trinajstić information content (AvgIpc) is 2.98. The molecule has 48 heavy (non-hydrogen) atoms. The molecule has 0 N–H and O–H groups in total. The summed E-state index contributed by atoms with van der Waals surface area (Å²) in [6, 6.07) is 4.06. The maximum Gasteiger partial charge on any atom is 0.312 e. The fourth-order valence-electron chi connectivity index (χ4n) is 8.60. The molecular formula is C36H60O9S3. The maximum atomic E-state index is 14.2. The van der Waals surface area contributed by atoms with Crippen molar-refractivity contribution in [1.29, 1.82) is 0 Å². The molecule has 3 fully saturated rings. The third kappa shape index (κ3) is 9.03. The molecule has 9 unspecified atom stereocenters. The molecule has 0 aliphatic heterocycles. The summed E-state index contributed by atoms with van der Waals surface area (Å²) in [5, 5.41) is -2.47. The standard InChI is InChI=1S/C36H60O9S3/c1-22(2)28-16-13-25(7)19-33(28)46(37,38)43-31-11-10-12-32(44-47(39,40)34-20-26(8)14-17-29(34)23(3)4)36(31)45-48(41,42)35-21-27(9)15-18-30(35)24(5)6/h10-12,22-30,33-35H,13-21H2,1-9H3. The second kappa shape index (κ2) is 15.4. The van der Waals surface area contributed by atoms with E-state index in [1.54, 1.807) is 0 Å². The van der Waals surface area contributed by atoms with Gasteiger partial charge in [0.25, 0.3) is 0 Å². The first-order valence-corrected chi connectivity index (χ1v) is 22.6. The van der Waals surface area contributed by atoms with Gasteiger partial charge in [0.2, 0.25) is 5.75 Å². The van der Waals surface area contributed by atoms with Gasteiger partial charge in [0.15, 0.2) is 11.5 Å². The van der Waals surface area contributed by atoms with Crippen LogP contribution in [0, 0.1) is 53.3 Å². The molecule has 276 valence electrons. The minimum atomic E-state index is -4.38. The zero-order valence-corrected chi connectivity index (χ0v) is 32.9. The van der Waals surface area contributed by atoms with Crippen molar-refractivity contribution >= 4 is 30.4 Å². The van der Waals surface area contributed by atoms with Crippen molar-refractivity contribution in [2.45, 2.75) is 136 Å². The van der Waals surface area contributed by atoms with Gasteiger partial charge in [0.05, 0.1) is 0 Å². The van der Waals surface area contributed by atoms with Gasteiger partial charge in [-0.1, -0.05) is 87.6 Å². The van der Waals surface area contributed by atoms with Crippen molar-refractivity contribution < 1.29 is 37.8 Å². The van der Waals surface area contributed by atoms with E-state index >= 15 is 0 Å². The van der Waals surface area contributed by atoms with Crippen LogP contribution in [0.4, 0.5) is 0 Å². The van der Waals surface area contributed by atoms with E-state index < -0.39 is 51.9 Å². The van der Waals surface area contributed by atoms with Crippen molar-refractivity contribution in [3.8, 4) is 17.2 Å². The molecule has 1 aromatic rings. The number of rotatable bonds is 12. The van der Waals surface area contributed by atoms with Crippen molar-refractivity contribution in [3.05, 3.63) is 18.2 Å². The molecule has 9 nitrogen and oxygen atoms in total. The smallest absolute Gasteiger partial charge is 0.312 e. The predicted octanol–water partition coefficient (Wildman–Crippen LogP) is 8.19. The third-order valence-corrected chi connectivity index (χ3v) is 16.6. The highest BCUT2D eigenvalue weighted by Crippen LogP contribution is 2.46. The monoisotopic (exact) mass is 732 g/mol. The van der Waals surface area contributed by atoms with Crippen LogP contribution in [0.5, 0.6) is 17.2 Å². The highest BCUT2D eigenvalue weighted by Gasteiger charge is 2.45. The molecule has 0 saturated heterocycles. The van der Waals surface area contributed by atoms with Crippen molar-refractivity contribution in [2.75, 3.05) is 0 Å². The van der Waals surface area contributed by atoms with E-state index in [9.17, 15) is 25.3 Å². The minimum Gasteiger partial charge on any atom is -0.378 e. The van der Waals surface area contributed by atoms with E-state index in [0.717, 1.165) is 32.1 Å². The van der Waals surface area contributed by atoms with Crippen LogP contribution in [0.15, 0.2) is 18.2 Å². The summed E-state index contributed by atoms with van der Waals surface area (Å²) < 4.78 is 102.